The van der Waals surface area contributed by atoms with E-state index in [0.717, 1.165) is 37.2 Å². The molecule has 98 valence electrons. The predicted octanol–water partition coefficient (Wildman–Crippen LogP) is 3.72. The number of aryl methyl sites for hydroxylation is 4. The Bertz CT molecular complexity index is 504. The zero-order chi connectivity index (χ0) is 13.0. The summed E-state index contributed by atoms with van der Waals surface area (Å²) in [6.45, 7) is 5.13. The van der Waals surface area contributed by atoms with E-state index in [9.17, 15) is 0 Å². The molecule has 0 bridgehead atoms. The van der Waals surface area contributed by atoms with E-state index < -0.39 is 0 Å². The number of nitrogens with zero attached hydrogens (tertiary/aromatic N) is 3. The highest BCUT2D eigenvalue weighted by Crippen LogP contribution is 2.14. The van der Waals surface area contributed by atoms with Gasteiger partial charge in [-0.1, -0.05) is 0 Å². The molecule has 3 nitrogen and oxygen atoms in total. The van der Waals surface area contributed by atoms with Crippen molar-refractivity contribution in [1.82, 2.24) is 14.8 Å². The van der Waals surface area contributed by atoms with Gasteiger partial charge in [0.1, 0.15) is 0 Å². The van der Waals surface area contributed by atoms with Crippen LogP contribution in [0.5, 0.6) is 0 Å². The Balaban J connectivity index is 1.74. The lowest BCUT2D eigenvalue weighted by atomic mass is 10.2. The number of aromatic nitrogens is 3. The first kappa shape index (κ1) is 13.6. The second kappa shape index (κ2) is 6.34. The van der Waals surface area contributed by atoms with Gasteiger partial charge < -0.3 is 0 Å². The molecule has 0 aliphatic carbocycles. The molecule has 0 aliphatic rings. The van der Waals surface area contributed by atoms with Crippen molar-refractivity contribution in [3.63, 3.8) is 0 Å². The van der Waals surface area contributed by atoms with Gasteiger partial charge in [-0.15, -0.1) is 22.9 Å². The van der Waals surface area contributed by atoms with E-state index in [0.29, 0.717) is 5.88 Å². The molecule has 2 aromatic rings. The predicted molar refractivity (Wildman–Crippen MR) is 76.3 cm³/mol. The van der Waals surface area contributed by atoms with Crippen LogP contribution in [0.3, 0.4) is 0 Å². The summed E-state index contributed by atoms with van der Waals surface area (Å²) in [6.07, 6.45) is 3.33. The Kier molecular flexibility index (Phi) is 4.78. The fraction of sp³-hybridized carbons (Fsp3) is 0.538. The second-order valence-corrected chi connectivity index (χ2v) is 5.68. The molecule has 18 heavy (non-hydrogen) atoms. The quantitative estimate of drug-likeness (QED) is 0.597. The van der Waals surface area contributed by atoms with Gasteiger partial charge in [0, 0.05) is 17.6 Å². The molecule has 0 aromatic carbocycles. The first-order valence-corrected chi connectivity index (χ1v) is 7.61. The molecular formula is C13H18ClN3S. The Morgan fingerprint density at radius 2 is 2.17 bits per heavy atom. The van der Waals surface area contributed by atoms with Crippen LogP contribution in [0.15, 0.2) is 11.4 Å². The fourth-order valence-electron chi connectivity index (χ4n) is 1.96. The molecule has 0 saturated heterocycles. The molecule has 0 saturated carbocycles. The molecule has 2 aromatic heterocycles. The van der Waals surface area contributed by atoms with Crippen LogP contribution in [0, 0.1) is 13.8 Å². The number of unbranched alkanes of at least 4 members (excludes halogenated alkanes) is 1. The van der Waals surface area contributed by atoms with Crippen molar-refractivity contribution in [1.29, 1.82) is 0 Å². The van der Waals surface area contributed by atoms with E-state index in [4.69, 9.17) is 11.6 Å². The number of alkyl halides is 1. The third kappa shape index (κ3) is 3.56. The summed E-state index contributed by atoms with van der Waals surface area (Å²) in [5.41, 5.74) is 3.33. The summed E-state index contributed by atoms with van der Waals surface area (Å²) >= 11 is 7.44. The lowest BCUT2D eigenvalue weighted by molar-refractivity contribution is 0.543. The molecule has 2 heterocycles. The van der Waals surface area contributed by atoms with E-state index in [-0.39, 0.29) is 0 Å². The first-order chi connectivity index (χ1) is 8.69. The van der Waals surface area contributed by atoms with Crippen molar-refractivity contribution in [2.45, 2.75) is 45.5 Å². The van der Waals surface area contributed by atoms with Crippen molar-refractivity contribution >= 4 is 22.9 Å². The molecule has 0 N–H and O–H groups in total. The average Bonchev–Trinajstić information content (AvgIpc) is 2.92. The third-order valence-corrected chi connectivity index (χ3v) is 4.08. The van der Waals surface area contributed by atoms with Gasteiger partial charge in [-0.25, -0.2) is 4.98 Å². The SMILES string of the molecule is Cc1cc(C)n(CCCCc2nc(CCl)cs2)n1. The lowest BCUT2D eigenvalue weighted by Gasteiger charge is -2.03. The maximum absolute atomic E-state index is 5.73. The van der Waals surface area contributed by atoms with Crippen LogP contribution < -0.4 is 0 Å². The van der Waals surface area contributed by atoms with Gasteiger partial charge in [0.15, 0.2) is 0 Å². The fourth-order valence-corrected chi connectivity index (χ4v) is 3.03. The van der Waals surface area contributed by atoms with Gasteiger partial charge >= 0.3 is 0 Å². The standard InChI is InChI=1S/C13H18ClN3S/c1-10-7-11(2)17(16-10)6-4-3-5-13-15-12(8-14)9-18-13/h7,9H,3-6,8H2,1-2H3. The minimum Gasteiger partial charge on any atom is -0.270 e. The number of thiazole rings is 1. The summed E-state index contributed by atoms with van der Waals surface area (Å²) in [5.74, 6) is 0.516. The zero-order valence-electron chi connectivity index (χ0n) is 10.8. The Morgan fingerprint density at radius 3 is 2.78 bits per heavy atom. The molecule has 0 radical (unpaired) electrons. The molecule has 0 amide bonds. The summed E-state index contributed by atoms with van der Waals surface area (Å²) in [7, 11) is 0. The maximum atomic E-state index is 5.73. The molecule has 2 rings (SSSR count). The van der Waals surface area contributed by atoms with Gasteiger partial charge in [-0.3, -0.25) is 4.68 Å². The normalized spacial score (nSPS) is 11.1. The zero-order valence-corrected chi connectivity index (χ0v) is 12.4. The van der Waals surface area contributed by atoms with Crippen LogP contribution in [0.2, 0.25) is 0 Å². The van der Waals surface area contributed by atoms with Crippen LogP contribution >= 0.6 is 22.9 Å². The highest BCUT2D eigenvalue weighted by Gasteiger charge is 2.03. The topological polar surface area (TPSA) is 30.7 Å². The van der Waals surface area contributed by atoms with Gasteiger partial charge in [0.25, 0.3) is 0 Å². The number of rotatable bonds is 6. The maximum Gasteiger partial charge on any atom is 0.0928 e. The van der Waals surface area contributed by atoms with Crippen molar-refractivity contribution in [2.75, 3.05) is 0 Å². The first-order valence-electron chi connectivity index (χ1n) is 6.19. The number of hydrogen-bond acceptors (Lipinski definition) is 3. The summed E-state index contributed by atoms with van der Waals surface area (Å²) < 4.78 is 2.08. The Labute approximate surface area is 117 Å². The van der Waals surface area contributed by atoms with E-state index in [2.05, 4.69) is 27.8 Å². The van der Waals surface area contributed by atoms with Crippen LogP contribution in [0.1, 0.15) is 34.9 Å². The molecule has 5 heteroatoms. The van der Waals surface area contributed by atoms with Crippen LogP contribution in [0.25, 0.3) is 0 Å². The Hall–Kier alpha value is -0.870. The smallest absolute Gasteiger partial charge is 0.0928 e. The molecule has 0 spiro atoms. The second-order valence-electron chi connectivity index (χ2n) is 4.47. The average molecular weight is 284 g/mol. The van der Waals surface area contributed by atoms with E-state index >= 15 is 0 Å². The molecule has 0 atom stereocenters. The van der Waals surface area contributed by atoms with Gasteiger partial charge in [0.05, 0.1) is 22.3 Å². The van der Waals surface area contributed by atoms with Crippen LogP contribution in [-0.2, 0) is 18.8 Å². The van der Waals surface area contributed by atoms with Crippen molar-refractivity contribution in [2.24, 2.45) is 0 Å². The summed E-state index contributed by atoms with van der Waals surface area (Å²) in [4.78, 5) is 4.46. The lowest BCUT2D eigenvalue weighted by Crippen LogP contribution is -2.03. The minimum absolute atomic E-state index is 0.516. The van der Waals surface area contributed by atoms with Crippen molar-refractivity contribution < 1.29 is 0 Å². The highest BCUT2D eigenvalue weighted by molar-refractivity contribution is 7.09. The van der Waals surface area contributed by atoms with E-state index in [1.54, 1.807) is 11.3 Å². The molecule has 0 unspecified atom stereocenters. The van der Waals surface area contributed by atoms with E-state index in [1.807, 2.05) is 12.3 Å². The van der Waals surface area contributed by atoms with Gasteiger partial charge in [0.2, 0.25) is 0 Å². The molecular weight excluding hydrogens is 266 g/mol. The molecule has 0 aliphatic heterocycles. The van der Waals surface area contributed by atoms with Gasteiger partial charge in [-0.2, -0.15) is 5.10 Å². The van der Waals surface area contributed by atoms with Crippen LogP contribution in [0.4, 0.5) is 0 Å². The molecule has 0 fully saturated rings. The van der Waals surface area contributed by atoms with E-state index in [1.165, 1.54) is 10.7 Å². The van der Waals surface area contributed by atoms with Crippen LogP contribution in [-0.4, -0.2) is 14.8 Å². The largest absolute Gasteiger partial charge is 0.270 e. The number of hydrogen-bond donors (Lipinski definition) is 0. The van der Waals surface area contributed by atoms with Gasteiger partial charge in [-0.05, 0) is 39.2 Å². The summed E-state index contributed by atoms with van der Waals surface area (Å²) in [5, 5.41) is 7.70. The minimum atomic E-state index is 0.516. The highest BCUT2D eigenvalue weighted by atomic mass is 35.5. The number of halogens is 1. The van der Waals surface area contributed by atoms with Crippen molar-refractivity contribution in [3.05, 3.63) is 33.5 Å². The Morgan fingerprint density at radius 1 is 1.33 bits per heavy atom. The monoisotopic (exact) mass is 283 g/mol. The summed E-state index contributed by atoms with van der Waals surface area (Å²) in [6, 6.07) is 2.12. The van der Waals surface area contributed by atoms with Crippen molar-refractivity contribution in [3.8, 4) is 0 Å². The third-order valence-electron chi connectivity index (χ3n) is 2.85.